The molecule has 2 fully saturated rings. The number of alkyl halides is 1. The van der Waals surface area contributed by atoms with E-state index in [1.54, 1.807) is 4.90 Å². The summed E-state index contributed by atoms with van der Waals surface area (Å²) in [5, 5.41) is 8.73. The van der Waals surface area contributed by atoms with Gasteiger partial charge in [-0.15, -0.1) is 0 Å². The van der Waals surface area contributed by atoms with Crippen molar-refractivity contribution in [2.45, 2.75) is 51.0 Å². The number of rotatable bonds is 6. The van der Waals surface area contributed by atoms with E-state index in [1.165, 1.54) is 0 Å². The number of piperidine rings is 2. The number of hydrogen-bond acceptors (Lipinski definition) is 5. The van der Waals surface area contributed by atoms with Crippen LogP contribution in [0.5, 0.6) is 0 Å². The zero-order chi connectivity index (χ0) is 20.4. The van der Waals surface area contributed by atoms with Gasteiger partial charge >= 0.3 is 0 Å². The number of carbonyl (C=O) groups excluding carboxylic acids is 3. The van der Waals surface area contributed by atoms with Crippen LogP contribution >= 0.6 is 0 Å². The Hall–Kier alpha value is -2.32. The van der Waals surface area contributed by atoms with Crippen LogP contribution in [0.1, 0.15) is 47.2 Å². The Morgan fingerprint density at radius 1 is 1.17 bits per heavy atom. The monoisotopic (exact) mass is 402 g/mol. The molecule has 0 spiro atoms. The van der Waals surface area contributed by atoms with Gasteiger partial charge in [0, 0.05) is 31.6 Å². The molecule has 7 nitrogen and oxygen atoms in total. The third-order valence-electron chi connectivity index (χ3n) is 6.19. The lowest BCUT2D eigenvalue weighted by Gasteiger charge is -2.29. The largest absolute Gasteiger partial charge is 0.322 e. The summed E-state index contributed by atoms with van der Waals surface area (Å²) in [6.07, 6.45) is 1.38. The van der Waals surface area contributed by atoms with Gasteiger partial charge in [-0.1, -0.05) is 18.2 Å². The van der Waals surface area contributed by atoms with Crippen molar-refractivity contribution in [1.82, 2.24) is 20.9 Å². The van der Waals surface area contributed by atoms with Crippen molar-refractivity contribution in [3.8, 4) is 0 Å². The number of nitrogens with zero attached hydrogens (tertiary/aromatic N) is 1. The van der Waals surface area contributed by atoms with Crippen molar-refractivity contribution in [2.75, 3.05) is 19.6 Å². The number of amides is 3. The summed E-state index contributed by atoms with van der Waals surface area (Å²) < 4.78 is 14.5. The van der Waals surface area contributed by atoms with Crippen LogP contribution in [-0.2, 0) is 22.7 Å². The van der Waals surface area contributed by atoms with Gasteiger partial charge in [-0.25, -0.2) is 4.39 Å². The molecule has 3 aliphatic heterocycles. The third-order valence-corrected chi connectivity index (χ3v) is 6.19. The van der Waals surface area contributed by atoms with Crippen molar-refractivity contribution in [3.63, 3.8) is 0 Å². The van der Waals surface area contributed by atoms with Crippen LogP contribution in [0, 0.1) is 5.92 Å². The molecule has 2 saturated heterocycles. The number of benzene rings is 1. The van der Waals surface area contributed by atoms with Crippen molar-refractivity contribution in [1.29, 1.82) is 0 Å². The van der Waals surface area contributed by atoms with Crippen LogP contribution < -0.4 is 16.0 Å². The number of nitrogens with one attached hydrogen (secondary N) is 3. The van der Waals surface area contributed by atoms with E-state index in [0.29, 0.717) is 25.1 Å². The van der Waals surface area contributed by atoms with Crippen molar-refractivity contribution in [2.24, 2.45) is 5.92 Å². The molecule has 2 atom stereocenters. The second-order valence-corrected chi connectivity index (χ2v) is 8.09. The molecule has 29 heavy (non-hydrogen) atoms. The predicted octanol–water partition coefficient (Wildman–Crippen LogP) is 0.875. The maximum Gasteiger partial charge on any atom is 0.255 e. The predicted molar refractivity (Wildman–Crippen MR) is 105 cm³/mol. The number of carbonyl (C=O) groups is 3. The smallest absolute Gasteiger partial charge is 0.255 e. The van der Waals surface area contributed by atoms with E-state index in [9.17, 15) is 18.8 Å². The SMILES string of the molecule is O=C1CCC(N2Cc3cccc(CNCC(F)C4CCNCC4)c3C2=O)C(=O)N1. The normalized spacial score (nSPS) is 23.8. The lowest BCUT2D eigenvalue weighted by Crippen LogP contribution is -2.52. The second-order valence-electron chi connectivity index (χ2n) is 8.09. The van der Waals surface area contributed by atoms with Gasteiger partial charge in [0.15, 0.2) is 0 Å². The highest BCUT2D eigenvalue weighted by atomic mass is 19.1. The van der Waals surface area contributed by atoms with Gasteiger partial charge in [0.2, 0.25) is 11.8 Å². The van der Waals surface area contributed by atoms with E-state index in [1.807, 2.05) is 18.2 Å². The fraction of sp³-hybridized carbons (Fsp3) is 0.571. The molecule has 4 rings (SSSR count). The summed E-state index contributed by atoms with van der Waals surface area (Å²) in [7, 11) is 0. The Balaban J connectivity index is 1.39. The van der Waals surface area contributed by atoms with Gasteiger partial charge in [0.05, 0.1) is 0 Å². The van der Waals surface area contributed by atoms with E-state index >= 15 is 0 Å². The highest BCUT2D eigenvalue weighted by molar-refractivity contribution is 6.05. The zero-order valence-corrected chi connectivity index (χ0v) is 16.4. The summed E-state index contributed by atoms with van der Waals surface area (Å²) in [5.41, 5.74) is 2.29. The third kappa shape index (κ3) is 4.18. The summed E-state index contributed by atoms with van der Waals surface area (Å²) in [5.74, 6) is -0.823. The molecule has 3 N–H and O–H groups in total. The first-order valence-electron chi connectivity index (χ1n) is 10.4. The molecule has 1 aromatic rings. The van der Waals surface area contributed by atoms with E-state index in [-0.39, 0.29) is 30.7 Å². The Morgan fingerprint density at radius 3 is 2.72 bits per heavy atom. The van der Waals surface area contributed by atoms with Crippen molar-refractivity contribution < 1.29 is 18.8 Å². The molecule has 1 aromatic carbocycles. The molecule has 8 heteroatoms. The van der Waals surface area contributed by atoms with Crippen molar-refractivity contribution in [3.05, 3.63) is 34.9 Å². The van der Waals surface area contributed by atoms with E-state index in [4.69, 9.17) is 0 Å². The standard InChI is InChI=1S/C21H27FN4O3/c22-16(13-6-8-23-9-7-13)11-24-10-14-2-1-3-15-12-26(21(29)19(14)15)17-4-5-18(27)25-20(17)28/h1-3,13,16-17,23-24H,4-12H2,(H,25,27,28). The summed E-state index contributed by atoms with van der Waals surface area (Å²) in [6.45, 7) is 2.75. The fourth-order valence-electron chi connectivity index (χ4n) is 4.55. The van der Waals surface area contributed by atoms with Gasteiger partial charge in [-0.3, -0.25) is 19.7 Å². The minimum Gasteiger partial charge on any atom is -0.322 e. The van der Waals surface area contributed by atoms with Crippen LogP contribution in [0.3, 0.4) is 0 Å². The summed E-state index contributed by atoms with van der Waals surface area (Å²) in [4.78, 5) is 38.2. The molecule has 0 bridgehead atoms. The van der Waals surface area contributed by atoms with Crippen LogP contribution in [0.2, 0.25) is 0 Å². The summed E-state index contributed by atoms with van der Waals surface area (Å²) in [6, 6.07) is 5.02. The Bertz CT molecular complexity index is 809. The molecule has 0 aliphatic carbocycles. The Kier molecular flexibility index (Phi) is 5.91. The lowest BCUT2D eigenvalue weighted by molar-refractivity contribution is -0.136. The quantitative estimate of drug-likeness (QED) is 0.615. The minimum absolute atomic E-state index is 0.0786. The van der Waals surface area contributed by atoms with Crippen LogP contribution in [0.4, 0.5) is 4.39 Å². The first-order valence-corrected chi connectivity index (χ1v) is 10.4. The molecule has 3 heterocycles. The number of imide groups is 1. The minimum atomic E-state index is -0.899. The molecule has 156 valence electrons. The van der Waals surface area contributed by atoms with E-state index < -0.39 is 18.1 Å². The number of fused-ring (bicyclic) bond motifs is 1. The zero-order valence-electron chi connectivity index (χ0n) is 16.4. The highest BCUT2D eigenvalue weighted by Crippen LogP contribution is 2.30. The maximum atomic E-state index is 14.5. The molecule has 0 aromatic heterocycles. The van der Waals surface area contributed by atoms with Gasteiger partial charge < -0.3 is 15.5 Å². The average Bonchev–Trinajstić information content (AvgIpc) is 3.06. The second kappa shape index (κ2) is 8.59. The summed E-state index contributed by atoms with van der Waals surface area (Å²) >= 11 is 0. The molecule has 3 aliphatic rings. The van der Waals surface area contributed by atoms with Crippen LogP contribution in [-0.4, -0.2) is 54.5 Å². The maximum absolute atomic E-state index is 14.5. The molecular formula is C21H27FN4O3. The van der Waals surface area contributed by atoms with Crippen LogP contribution in [0.25, 0.3) is 0 Å². The first-order chi connectivity index (χ1) is 14.0. The van der Waals surface area contributed by atoms with Crippen LogP contribution in [0.15, 0.2) is 18.2 Å². The number of halogens is 1. The molecule has 3 amide bonds. The van der Waals surface area contributed by atoms with E-state index in [2.05, 4.69) is 16.0 Å². The van der Waals surface area contributed by atoms with Gasteiger partial charge in [0.25, 0.3) is 5.91 Å². The molecule has 2 unspecified atom stereocenters. The van der Waals surface area contributed by atoms with E-state index in [0.717, 1.165) is 37.1 Å². The topological polar surface area (TPSA) is 90.5 Å². The molecule has 0 saturated carbocycles. The lowest BCUT2D eigenvalue weighted by atomic mass is 9.93. The number of hydrogen-bond donors (Lipinski definition) is 3. The highest BCUT2D eigenvalue weighted by Gasteiger charge is 2.39. The Labute approximate surface area is 169 Å². The van der Waals surface area contributed by atoms with Gasteiger partial charge in [-0.2, -0.15) is 0 Å². The average molecular weight is 402 g/mol. The molecular weight excluding hydrogens is 375 g/mol. The molecule has 0 radical (unpaired) electrons. The fourth-order valence-corrected chi connectivity index (χ4v) is 4.55. The van der Waals surface area contributed by atoms with Gasteiger partial charge in [0.1, 0.15) is 12.2 Å². The van der Waals surface area contributed by atoms with Gasteiger partial charge in [-0.05, 0) is 49.4 Å². The Morgan fingerprint density at radius 2 is 1.97 bits per heavy atom. The van der Waals surface area contributed by atoms with Crippen molar-refractivity contribution >= 4 is 17.7 Å². The first kappa shape index (κ1) is 20.0.